The van der Waals surface area contributed by atoms with Crippen molar-refractivity contribution < 1.29 is 0 Å². The van der Waals surface area contributed by atoms with Gasteiger partial charge < -0.3 is 10.2 Å². The molecule has 3 aromatic heterocycles. The van der Waals surface area contributed by atoms with E-state index in [0.29, 0.717) is 0 Å². The summed E-state index contributed by atoms with van der Waals surface area (Å²) in [7, 11) is 0. The molecule has 0 atom stereocenters. The lowest BCUT2D eigenvalue weighted by Crippen LogP contribution is -1.80. The standard InChI is InChI=1S/C14H8N6S/c1-2-9-13(20-21-19-9)3-7(1)14-16-11-4-8-6-15-18-10(8)5-12(11)17-14/h1-6,15,18H. The van der Waals surface area contributed by atoms with E-state index >= 15 is 0 Å². The fourth-order valence-electron chi connectivity index (χ4n) is 2.49. The summed E-state index contributed by atoms with van der Waals surface area (Å²) in [5.74, 6) is 0.719. The van der Waals surface area contributed by atoms with Crippen molar-refractivity contribution in [3.8, 4) is 11.4 Å². The van der Waals surface area contributed by atoms with Crippen LogP contribution in [0.15, 0.2) is 36.5 Å². The van der Waals surface area contributed by atoms with E-state index in [2.05, 4.69) is 28.9 Å². The summed E-state index contributed by atoms with van der Waals surface area (Å²) in [5, 5.41) is 7.13. The van der Waals surface area contributed by atoms with Crippen LogP contribution in [0.4, 0.5) is 0 Å². The van der Waals surface area contributed by atoms with E-state index in [0.717, 1.165) is 44.4 Å². The summed E-state index contributed by atoms with van der Waals surface area (Å²) < 4.78 is 8.47. The van der Waals surface area contributed by atoms with E-state index in [4.69, 9.17) is 0 Å². The third-order valence-electron chi connectivity index (χ3n) is 3.55. The molecule has 0 bridgehead atoms. The molecule has 3 heterocycles. The molecule has 0 aliphatic rings. The van der Waals surface area contributed by atoms with Gasteiger partial charge in [0.2, 0.25) is 0 Å². The molecule has 2 aromatic carbocycles. The predicted octanol–water partition coefficient (Wildman–Crippen LogP) is 3.11. The van der Waals surface area contributed by atoms with Crippen LogP contribution < -0.4 is 0 Å². The highest BCUT2D eigenvalue weighted by Crippen LogP contribution is 2.25. The largest absolute Gasteiger partial charge is 0.307 e. The van der Waals surface area contributed by atoms with Gasteiger partial charge in [-0.05, 0) is 30.3 Å². The van der Waals surface area contributed by atoms with Gasteiger partial charge in [0.1, 0.15) is 11.0 Å². The van der Waals surface area contributed by atoms with Gasteiger partial charge in [0.25, 0.3) is 0 Å². The molecule has 0 saturated carbocycles. The summed E-state index contributed by atoms with van der Waals surface area (Å²) in [4.78, 5) is 9.23. The van der Waals surface area contributed by atoms with Crippen LogP contribution in [0.25, 0.3) is 44.4 Å². The first kappa shape index (κ1) is 10.9. The van der Waals surface area contributed by atoms with E-state index in [1.54, 1.807) is 0 Å². The van der Waals surface area contributed by atoms with Crippen molar-refractivity contribution in [2.75, 3.05) is 0 Å². The molecule has 0 saturated heterocycles. The molecular weight excluding hydrogens is 284 g/mol. The number of fused-ring (bicyclic) bond motifs is 3. The molecule has 5 aromatic rings. The maximum Gasteiger partial charge on any atom is 0.160 e. The van der Waals surface area contributed by atoms with Crippen molar-refractivity contribution in [1.82, 2.24) is 28.9 Å². The molecule has 0 fully saturated rings. The molecule has 0 unspecified atom stereocenters. The van der Waals surface area contributed by atoms with E-state index < -0.39 is 0 Å². The highest BCUT2D eigenvalue weighted by Gasteiger charge is 2.10. The van der Waals surface area contributed by atoms with Gasteiger partial charge in [-0.1, -0.05) is 0 Å². The number of rotatable bonds is 1. The predicted molar refractivity (Wildman–Crippen MR) is 82.2 cm³/mol. The number of aromatic nitrogens is 6. The topological polar surface area (TPSA) is 83.1 Å². The van der Waals surface area contributed by atoms with Crippen molar-refractivity contribution in [1.29, 1.82) is 0 Å². The van der Waals surface area contributed by atoms with E-state index in [1.165, 1.54) is 11.7 Å². The smallest absolute Gasteiger partial charge is 0.160 e. The third-order valence-corrected chi connectivity index (χ3v) is 4.10. The van der Waals surface area contributed by atoms with Crippen LogP contribution in [-0.4, -0.2) is 28.9 Å². The Morgan fingerprint density at radius 2 is 1.71 bits per heavy atom. The van der Waals surface area contributed by atoms with Crippen LogP contribution >= 0.6 is 11.7 Å². The Morgan fingerprint density at radius 3 is 2.67 bits per heavy atom. The summed E-state index contributed by atoms with van der Waals surface area (Å²) in [6.07, 6.45) is 1.91. The quantitative estimate of drug-likeness (QED) is 0.497. The first-order chi connectivity index (χ1) is 10.4. The minimum Gasteiger partial charge on any atom is -0.307 e. The molecule has 7 heteroatoms. The molecule has 5 rings (SSSR count). The van der Waals surface area contributed by atoms with Gasteiger partial charge in [-0.2, -0.15) is 8.75 Å². The molecule has 21 heavy (non-hydrogen) atoms. The molecule has 0 amide bonds. The van der Waals surface area contributed by atoms with Gasteiger partial charge >= 0.3 is 0 Å². The van der Waals surface area contributed by atoms with Gasteiger partial charge in [-0.25, -0.2) is 9.97 Å². The summed E-state index contributed by atoms with van der Waals surface area (Å²) in [6.45, 7) is 0. The molecule has 0 aliphatic carbocycles. The molecule has 0 spiro atoms. The van der Waals surface area contributed by atoms with Crippen molar-refractivity contribution in [2.45, 2.75) is 0 Å². The minimum absolute atomic E-state index is 0.719. The number of H-pyrrole nitrogens is 2. The first-order valence-corrected chi connectivity index (χ1v) is 7.16. The number of imidazole rings is 1. The molecular formula is C14H8N6S. The SMILES string of the molecule is c1cc2nsnc2cc1-c1nc2cc3c[nH][nH]c3cc2n1. The van der Waals surface area contributed by atoms with Crippen molar-refractivity contribution in [3.63, 3.8) is 0 Å². The third kappa shape index (κ3) is 1.58. The second kappa shape index (κ2) is 3.86. The number of nitrogens with zero attached hydrogens (tertiary/aromatic N) is 4. The maximum absolute atomic E-state index is 4.62. The maximum atomic E-state index is 4.62. The van der Waals surface area contributed by atoms with Gasteiger partial charge in [-0.15, -0.1) is 0 Å². The van der Waals surface area contributed by atoms with Crippen LogP contribution in [-0.2, 0) is 0 Å². The van der Waals surface area contributed by atoms with Gasteiger partial charge in [0.05, 0.1) is 28.3 Å². The summed E-state index contributed by atoms with van der Waals surface area (Å²) >= 11 is 1.22. The van der Waals surface area contributed by atoms with Crippen molar-refractivity contribution in [2.24, 2.45) is 0 Å². The van der Waals surface area contributed by atoms with Gasteiger partial charge in [0, 0.05) is 17.1 Å². The fourth-order valence-corrected chi connectivity index (χ4v) is 3.01. The average Bonchev–Trinajstić information content (AvgIpc) is 3.21. The zero-order chi connectivity index (χ0) is 13.8. The van der Waals surface area contributed by atoms with Crippen molar-refractivity contribution in [3.05, 3.63) is 36.5 Å². The number of hydrogen-bond donors (Lipinski definition) is 2. The Kier molecular flexibility index (Phi) is 2.01. The zero-order valence-corrected chi connectivity index (χ0v) is 11.5. The van der Waals surface area contributed by atoms with Crippen LogP contribution in [0, 0.1) is 0 Å². The Morgan fingerprint density at radius 1 is 0.857 bits per heavy atom. The van der Waals surface area contributed by atoms with Gasteiger partial charge in [-0.3, -0.25) is 0 Å². The Bertz CT molecular complexity index is 1050. The van der Waals surface area contributed by atoms with Crippen molar-refractivity contribution >= 4 is 44.7 Å². The fraction of sp³-hybridized carbons (Fsp3) is 0. The number of aromatic amines is 2. The number of hydrogen-bond acceptors (Lipinski definition) is 5. The van der Waals surface area contributed by atoms with E-state index in [1.807, 2.05) is 36.5 Å². The van der Waals surface area contributed by atoms with Crippen LogP contribution in [0.2, 0.25) is 0 Å². The molecule has 6 nitrogen and oxygen atoms in total. The molecule has 0 radical (unpaired) electrons. The lowest BCUT2D eigenvalue weighted by Gasteiger charge is -1.93. The Balaban J connectivity index is 1.75. The Labute approximate surface area is 122 Å². The first-order valence-electron chi connectivity index (χ1n) is 6.43. The monoisotopic (exact) mass is 292 g/mol. The van der Waals surface area contributed by atoms with E-state index in [-0.39, 0.29) is 0 Å². The van der Waals surface area contributed by atoms with Crippen LogP contribution in [0.1, 0.15) is 0 Å². The average molecular weight is 292 g/mol. The van der Waals surface area contributed by atoms with Gasteiger partial charge in [0.15, 0.2) is 5.82 Å². The van der Waals surface area contributed by atoms with Crippen LogP contribution in [0.3, 0.4) is 0 Å². The lowest BCUT2D eigenvalue weighted by molar-refractivity contribution is 1.12. The normalized spacial score (nSPS) is 11.8. The highest BCUT2D eigenvalue weighted by atomic mass is 32.1. The lowest BCUT2D eigenvalue weighted by atomic mass is 10.2. The second-order valence-corrected chi connectivity index (χ2v) is 5.39. The highest BCUT2D eigenvalue weighted by molar-refractivity contribution is 7.00. The summed E-state index contributed by atoms with van der Waals surface area (Å²) in [5.41, 5.74) is 5.54. The second-order valence-electron chi connectivity index (χ2n) is 4.86. The molecule has 0 aliphatic heterocycles. The molecule has 100 valence electrons. The summed E-state index contributed by atoms with van der Waals surface area (Å²) in [6, 6.07) is 9.94. The molecule has 2 N–H and O–H groups in total. The number of benzene rings is 2. The number of nitrogens with one attached hydrogen (secondary N) is 2. The minimum atomic E-state index is 0.719. The van der Waals surface area contributed by atoms with E-state index in [9.17, 15) is 0 Å². The zero-order valence-electron chi connectivity index (χ0n) is 10.7. The Hall–Kier alpha value is -2.80. The van der Waals surface area contributed by atoms with Crippen LogP contribution in [0.5, 0.6) is 0 Å².